The Kier molecular flexibility index (Phi) is 13.3. The number of nitrogens with zero attached hydrogens (tertiary/aromatic N) is 2. The fraction of sp³-hybridized carbons (Fsp3) is 0.368. The van der Waals surface area contributed by atoms with Crippen molar-refractivity contribution in [3.63, 3.8) is 0 Å². The molecule has 0 aliphatic rings. The van der Waals surface area contributed by atoms with Gasteiger partial charge >= 0.3 is 24.7 Å². The summed E-state index contributed by atoms with van der Waals surface area (Å²) in [5.74, 6) is 0. The van der Waals surface area contributed by atoms with Crippen molar-refractivity contribution in [2.75, 3.05) is 36.0 Å². The van der Waals surface area contributed by atoms with E-state index in [0.29, 0.717) is 35.4 Å². The fourth-order valence-electron chi connectivity index (χ4n) is 6.22. The average molecular weight is 831 g/mol. The molecule has 306 valence electrons. The fourth-order valence-corrected chi connectivity index (χ4v) is 6.42. The average Bonchev–Trinajstić information content (AvgIpc) is 3.11. The summed E-state index contributed by atoms with van der Waals surface area (Å²) in [7, 11) is 0. The predicted octanol–water partition coefficient (Wildman–Crippen LogP) is 10.8. The summed E-state index contributed by atoms with van der Waals surface area (Å²) >= 11 is 5.94. The minimum absolute atomic E-state index is 0.000906. The number of hydrogen-bond donors (Lipinski definition) is 2. The van der Waals surface area contributed by atoms with Crippen molar-refractivity contribution in [2.24, 2.45) is 0 Å². The summed E-state index contributed by atoms with van der Waals surface area (Å²) in [5.41, 5.74) is -16.2. The highest BCUT2D eigenvalue weighted by molar-refractivity contribution is 6.30. The second-order valence-corrected chi connectivity index (χ2v) is 13.1. The lowest BCUT2D eigenvalue weighted by atomic mass is 9.86. The molecular weight excluding hydrogens is 796 g/mol. The molecule has 0 aliphatic carbocycles. The number of rotatable bonds is 14. The van der Waals surface area contributed by atoms with E-state index in [1.807, 2.05) is 0 Å². The van der Waals surface area contributed by atoms with E-state index < -0.39 is 59.2 Å². The van der Waals surface area contributed by atoms with Gasteiger partial charge in [0.1, 0.15) is 0 Å². The van der Waals surface area contributed by atoms with Gasteiger partial charge < -0.3 is 24.7 Å². The number of likely N-dealkylation sites (N-methyl/N-ethyl adjacent to an activating group) is 2. The van der Waals surface area contributed by atoms with Gasteiger partial charge in [0.15, 0.2) is 0 Å². The van der Waals surface area contributed by atoms with E-state index in [1.165, 1.54) is 47.9 Å². The van der Waals surface area contributed by atoms with Crippen LogP contribution in [0.4, 0.5) is 64.1 Å². The number of aliphatic hydroxyl groups is 2. The van der Waals surface area contributed by atoms with Crippen molar-refractivity contribution >= 4 is 23.0 Å². The lowest BCUT2D eigenvalue weighted by Gasteiger charge is -2.46. The molecule has 4 aromatic carbocycles. The van der Waals surface area contributed by atoms with E-state index >= 15 is 0 Å². The predicted molar refractivity (Wildman–Crippen MR) is 185 cm³/mol. The number of alkyl halides is 12. The summed E-state index contributed by atoms with van der Waals surface area (Å²) in [4.78, 5) is 2.60. The van der Waals surface area contributed by atoms with Crippen molar-refractivity contribution in [1.29, 1.82) is 0 Å². The number of anilines is 2. The van der Waals surface area contributed by atoms with Crippen molar-refractivity contribution in [3.8, 4) is 0 Å². The standard InChI is InChI=1S/C38H35ClF12N2O3/c1-3-52(22-31(54)24-9-6-5-7-10-24)29-17-13-26(14-18-29)33(35(40,41)42,36(43,44)45)56-34(37(46,47)48,38(49,50)51)27-15-19-30(20-16-27)53(4-2)23-32(55)25-11-8-12-28(39)21-25/h5-21,31-32,54-55H,3-4,22-23H2,1-2H3/t31-,32+/m0/s1. The molecule has 0 fully saturated rings. The molecule has 2 atom stereocenters. The van der Waals surface area contributed by atoms with Gasteiger partial charge in [-0.15, -0.1) is 0 Å². The maximum Gasteiger partial charge on any atom is 0.430 e. The van der Waals surface area contributed by atoms with Crippen molar-refractivity contribution in [2.45, 2.75) is 62.0 Å². The smallest absolute Gasteiger partial charge is 0.387 e. The van der Waals surface area contributed by atoms with Crippen molar-refractivity contribution < 1.29 is 67.6 Å². The van der Waals surface area contributed by atoms with Crippen LogP contribution in [0.25, 0.3) is 0 Å². The molecule has 0 bridgehead atoms. The van der Waals surface area contributed by atoms with Crippen LogP contribution in [0, 0.1) is 0 Å². The summed E-state index contributed by atoms with van der Waals surface area (Å²) in [5, 5.41) is 21.6. The van der Waals surface area contributed by atoms with Crippen LogP contribution in [0.15, 0.2) is 103 Å². The maximum absolute atomic E-state index is 14.9. The molecule has 56 heavy (non-hydrogen) atoms. The Labute approximate surface area is 318 Å². The van der Waals surface area contributed by atoms with Gasteiger partial charge in [-0.05, 0) is 61.4 Å². The van der Waals surface area contributed by atoms with E-state index in [0.717, 1.165) is 0 Å². The third kappa shape index (κ3) is 8.85. The first kappa shape index (κ1) is 44.5. The zero-order chi connectivity index (χ0) is 41.9. The molecule has 2 N–H and O–H groups in total. The van der Waals surface area contributed by atoms with Gasteiger partial charge in [0.25, 0.3) is 11.2 Å². The molecule has 0 radical (unpaired) electrons. The summed E-state index contributed by atoms with van der Waals surface area (Å²) < 4.78 is 183. The van der Waals surface area contributed by atoms with E-state index in [9.17, 15) is 62.9 Å². The van der Waals surface area contributed by atoms with Crippen LogP contribution in [0.2, 0.25) is 5.02 Å². The summed E-state index contributed by atoms with van der Waals surface area (Å²) in [6.07, 6.45) is -30.3. The van der Waals surface area contributed by atoms with Gasteiger partial charge in [-0.3, -0.25) is 0 Å². The summed E-state index contributed by atoms with van der Waals surface area (Å²) in [6.45, 7) is 2.53. The Morgan fingerprint density at radius 2 is 0.875 bits per heavy atom. The highest BCUT2D eigenvalue weighted by Gasteiger charge is 2.83. The normalized spacial score (nSPS) is 14.4. The lowest BCUT2D eigenvalue weighted by molar-refractivity contribution is -0.480. The van der Waals surface area contributed by atoms with Gasteiger partial charge in [0.2, 0.25) is 0 Å². The summed E-state index contributed by atoms with van der Waals surface area (Å²) in [6, 6.07) is 16.7. The first-order valence-electron chi connectivity index (χ1n) is 16.8. The van der Waals surface area contributed by atoms with Crippen LogP contribution in [0.5, 0.6) is 0 Å². The molecule has 0 aromatic heterocycles. The Morgan fingerprint density at radius 1 is 0.518 bits per heavy atom. The molecular formula is C38H35ClF12N2O3. The van der Waals surface area contributed by atoms with Gasteiger partial charge in [-0.1, -0.05) is 78.3 Å². The number of ether oxygens (including phenoxy) is 1. The molecule has 0 unspecified atom stereocenters. The highest BCUT2D eigenvalue weighted by atomic mass is 35.5. The van der Waals surface area contributed by atoms with Crippen LogP contribution >= 0.6 is 11.6 Å². The van der Waals surface area contributed by atoms with Crippen LogP contribution in [0.1, 0.15) is 48.3 Å². The number of benzene rings is 4. The number of hydrogen-bond acceptors (Lipinski definition) is 5. The molecule has 0 saturated heterocycles. The maximum atomic E-state index is 14.9. The quantitative estimate of drug-likeness (QED) is 0.124. The molecule has 0 spiro atoms. The molecule has 0 heterocycles. The van der Waals surface area contributed by atoms with Crippen molar-refractivity contribution in [1.82, 2.24) is 0 Å². The van der Waals surface area contributed by atoms with Crippen LogP contribution in [-0.4, -0.2) is 61.1 Å². The van der Waals surface area contributed by atoms with Gasteiger partial charge in [0, 0.05) is 53.7 Å². The minimum atomic E-state index is -6.96. The Balaban J connectivity index is 1.83. The molecule has 5 nitrogen and oxygen atoms in total. The van der Waals surface area contributed by atoms with E-state index in [2.05, 4.69) is 4.74 Å². The molecule has 4 aromatic rings. The highest BCUT2D eigenvalue weighted by Crippen LogP contribution is 2.62. The van der Waals surface area contributed by atoms with Gasteiger partial charge in [0.05, 0.1) is 12.2 Å². The number of halogens is 13. The van der Waals surface area contributed by atoms with Gasteiger partial charge in [-0.25, -0.2) is 0 Å². The molecule has 0 saturated carbocycles. The van der Waals surface area contributed by atoms with Crippen LogP contribution in [-0.2, 0) is 15.9 Å². The van der Waals surface area contributed by atoms with E-state index in [-0.39, 0.29) is 66.8 Å². The molecule has 0 amide bonds. The zero-order valence-electron chi connectivity index (χ0n) is 29.4. The third-order valence-corrected chi connectivity index (χ3v) is 9.38. The van der Waals surface area contributed by atoms with Crippen LogP contribution < -0.4 is 9.80 Å². The Bertz CT molecular complexity index is 1840. The SMILES string of the molecule is CCN(C[C@@H](O)c1cccc(Cl)c1)c1ccc(C(OC(c2ccc(N(CC)C[C@H](O)c3ccccc3)cc2)(C(F)(F)F)C(F)(F)F)(C(F)(F)F)C(F)(F)F)cc1. The Hall–Kier alpha value is -4.19. The zero-order valence-corrected chi connectivity index (χ0v) is 30.2. The largest absolute Gasteiger partial charge is 0.430 e. The van der Waals surface area contributed by atoms with E-state index in [4.69, 9.17) is 11.6 Å². The monoisotopic (exact) mass is 830 g/mol. The first-order valence-corrected chi connectivity index (χ1v) is 17.2. The number of aliphatic hydroxyl groups excluding tert-OH is 2. The minimum Gasteiger partial charge on any atom is -0.387 e. The van der Waals surface area contributed by atoms with E-state index in [1.54, 1.807) is 30.3 Å². The molecule has 18 heteroatoms. The second-order valence-electron chi connectivity index (χ2n) is 12.6. The topological polar surface area (TPSA) is 56.2 Å². The lowest BCUT2D eigenvalue weighted by Crippen LogP contribution is -2.66. The first-order chi connectivity index (χ1) is 25.9. The second kappa shape index (κ2) is 16.7. The van der Waals surface area contributed by atoms with Crippen LogP contribution in [0.3, 0.4) is 0 Å². The van der Waals surface area contributed by atoms with Crippen molar-refractivity contribution in [3.05, 3.63) is 130 Å². The van der Waals surface area contributed by atoms with Gasteiger partial charge in [-0.2, -0.15) is 52.7 Å². The molecule has 0 aliphatic heterocycles. The molecule has 4 rings (SSSR count). The third-order valence-electron chi connectivity index (χ3n) is 9.15. The Morgan fingerprint density at radius 3 is 1.21 bits per heavy atom.